The minimum atomic E-state index is -0.378. The van der Waals surface area contributed by atoms with Crippen LogP contribution in [0.2, 0.25) is 0 Å². The molecule has 0 saturated heterocycles. The quantitative estimate of drug-likeness (QED) is 0.875. The van der Waals surface area contributed by atoms with Crippen molar-refractivity contribution in [1.29, 1.82) is 0 Å². The van der Waals surface area contributed by atoms with Crippen LogP contribution in [0.1, 0.15) is 34.5 Å². The standard InChI is InChI=1S/C16H17FN2O2/c1-10-14(16(20)21-3)5-4-6-15(10)19-11(2)12-7-13(17)9-18-8-12/h4-9,11,19H,1-3H3. The van der Waals surface area contributed by atoms with Crippen molar-refractivity contribution in [2.45, 2.75) is 19.9 Å². The number of methoxy groups -OCH3 is 1. The summed E-state index contributed by atoms with van der Waals surface area (Å²) in [7, 11) is 1.35. The zero-order valence-corrected chi connectivity index (χ0v) is 12.2. The molecule has 1 unspecified atom stereocenters. The molecule has 1 heterocycles. The molecule has 0 saturated carbocycles. The molecule has 5 heteroatoms. The van der Waals surface area contributed by atoms with Crippen molar-refractivity contribution in [1.82, 2.24) is 4.98 Å². The maximum absolute atomic E-state index is 13.2. The van der Waals surface area contributed by atoms with E-state index in [1.54, 1.807) is 18.3 Å². The van der Waals surface area contributed by atoms with Crippen LogP contribution in [0, 0.1) is 12.7 Å². The first-order chi connectivity index (χ1) is 10.0. The van der Waals surface area contributed by atoms with Crippen molar-refractivity contribution in [2.24, 2.45) is 0 Å². The lowest BCUT2D eigenvalue weighted by Gasteiger charge is -2.18. The molecule has 0 amide bonds. The Bertz CT molecular complexity index is 658. The molecule has 0 aliphatic rings. The Hall–Kier alpha value is -2.43. The maximum atomic E-state index is 13.2. The first-order valence-corrected chi connectivity index (χ1v) is 6.58. The van der Waals surface area contributed by atoms with Crippen molar-refractivity contribution in [3.63, 3.8) is 0 Å². The number of benzene rings is 1. The molecule has 2 aromatic rings. The maximum Gasteiger partial charge on any atom is 0.338 e. The number of hydrogen-bond acceptors (Lipinski definition) is 4. The lowest BCUT2D eigenvalue weighted by Crippen LogP contribution is -2.11. The largest absolute Gasteiger partial charge is 0.465 e. The predicted molar refractivity (Wildman–Crippen MR) is 78.8 cm³/mol. The Morgan fingerprint density at radius 1 is 1.38 bits per heavy atom. The Labute approximate surface area is 123 Å². The highest BCUT2D eigenvalue weighted by molar-refractivity contribution is 5.92. The summed E-state index contributed by atoms with van der Waals surface area (Å²) in [6.07, 6.45) is 2.78. The molecule has 0 fully saturated rings. The summed E-state index contributed by atoms with van der Waals surface area (Å²) in [5.41, 5.74) is 2.83. The van der Waals surface area contributed by atoms with Gasteiger partial charge in [-0.2, -0.15) is 0 Å². The fourth-order valence-electron chi connectivity index (χ4n) is 2.10. The SMILES string of the molecule is COC(=O)c1cccc(NC(C)c2cncc(F)c2)c1C. The molecule has 2 rings (SSSR count). The number of carbonyl (C=O) groups excluding carboxylic acids is 1. The van der Waals surface area contributed by atoms with Gasteiger partial charge < -0.3 is 10.1 Å². The predicted octanol–water partition coefficient (Wildman–Crippen LogP) is 3.49. The molecule has 1 aromatic heterocycles. The molecule has 1 atom stereocenters. The zero-order chi connectivity index (χ0) is 15.4. The summed E-state index contributed by atoms with van der Waals surface area (Å²) >= 11 is 0. The van der Waals surface area contributed by atoms with E-state index < -0.39 is 0 Å². The van der Waals surface area contributed by atoms with Gasteiger partial charge >= 0.3 is 5.97 Å². The van der Waals surface area contributed by atoms with E-state index in [-0.39, 0.29) is 17.8 Å². The van der Waals surface area contributed by atoms with Gasteiger partial charge in [0, 0.05) is 11.9 Å². The van der Waals surface area contributed by atoms with Gasteiger partial charge in [0.15, 0.2) is 0 Å². The van der Waals surface area contributed by atoms with E-state index in [0.717, 1.165) is 16.8 Å². The molecular formula is C16H17FN2O2. The molecule has 0 spiro atoms. The second kappa shape index (κ2) is 6.35. The number of hydrogen-bond donors (Lipinski definition) is 1. The van der Waals surface area contributed by atoms with E-state index in [2.05, 4.69) is 10.3 Å². The van der Waals surface area contributed by atoms with E-state index in [1.807, 2.05) is 19.9 Å². The first-order valence-electron chi connectivity index (χ1n) is 6.58. The molecule has 1 aromatic carbocycles. The van der Waals surface area contributed by atoms with Gasteiger partial charge in [-0.05, 0) is 43.2 Å². The number of halogens is 1. The number of aromatic nitrogens is 1. The van der Waals surface area contributed by atoms with E-state index in [4.69, 9.17) is 4.74 Å². The van der Waals surface area contributed by atoms with Crippen LogP contribution in [0.3, 0.4) is 0 Å². The molecule has 0 bridgehead atoms. The topological polar surface area (TPSA) is 51.2 Å². The third kappa shape index (κ3) is 3.37. The number of esters is 1. The Morgan fingerprint density at radius 3 is 2.81 bits per heavy atom. The third-order valence-electron chi connectivity index (χ3n) is 3.34. The number of pyridine rings is 1. The number of ether oxygens (including phenoxy) is 1. The summed E-state index contributed by atoms with van der Waals surface area (Å²) < 4.78 is 18.0. The molecule has 21 heavy (non-hydrogen) atoms. The molecule has 0 aliphatic heterocycles. The van der Waals surface area contributed by atoms with Gasteiger partial charge in [-0.15, -0.1) is 0 Å². The average Bonchev–Trinajstić information content (AvgIpc) is 2.48. The van der Waals surface area contributed by atoms with Gasteiger partial charge in [0.05, 0.1) is 24.9 Å². The number of carbonyl (C=O) groups is 1. The van der Waals surface area contributed by atoms with Gasteiger partial charge in [-0.25, -0.2) is 9.18 Å². The van der Waals surface area contributed by atoms with Gasteiger partial charge in [-0.3, -0.25) is 4.98 Å². The molecule has 1 N–H and O–H groups in total. The van der Waals surface area contributed by atoms with Gasteiger partial charge in [0.1, 0.15) is 5.82 Å². The van der Waals surface area contributed by atoms with Crippen LogP contribution in [-0.4, -0.2) is 18.1 Å². The molecular weight excluding hydrogens is 271 g/mol. The summed E-state index contributed by atoms with van der Waals surface area (Å²) in [5, 5.41) is 3.26. The summed E-state index contributed by atoms with van der Waals surface area (Å²) in [4.78, 5) is 15.5. The Morgan fingerprint density at radius 2 is 2.14 bits per heavy atom. The van der Waals surface area contributed by atoms with Crippen LogP contribution in [-0.2, 0) is 4.74 Å². The minimum absolute atomic E-state index is 0.139. The van der Waals surface area contributed by atoms with E-state index >= 15 is 0 Å². The molecule has 110 valence electrons. The van der Waals surface area contributed by atoms with Gasteiger partial charge in [0.25, 0.3) is 0 Å². The molecule has 4 nitrogen and oxygen atoms in total. The van der Waals surface area contributed by atoms with Crippen molar-refractivity contribution in [3.05, 3.63) is 59.2 Å². The summed E-state index contributed by atoms with van der Waals surface area (Å²) in [5.74, 6) is -0.752. The normalized spacial score (nSPS) is 11.8. The van der Waals surface area contributed by atoms with E-state index in [0.29, 0.717) is 5.56 Å². The molecule has 0 aliphatic carbocycles. The van der Waals surface area contributed by atoms with Crippen molar-refractivity contribution in [3.8, 4) is 0 Å². The average molecular weight is 288 g/mol. The van der Waals surface area contributed by atoms with Crippen LogP contribution in [0.25, 0.3) is 0 Å². The van der Waals surface area contributed by atoms with Crippen LogP contribution in [0.15, 0.2) is 36.7 Å². The van der Waals surface area contributed by atoms with Gasteiger partial charge in [-0.1, -0.05) is 6.07 Å². The van der Waals surface area contributed by atoms with Crippen molar-refractivity contribution < 1.29 is 13.9 Å². The van der Waals surface area contributed by atoms with Crippen LogP contribution in [0.5, 0.6) is 0 Å². The first kappa shape index (κ1) is 15.0. The zero-order valence-electron chi connectivity index (χ0n) is 12.2. The smallest absolute Gasteiger partial charge is 0.338 e. The minimum Gasteiger partial charge on any atom is -0.465 e. The summed E-state index contributed by atoms with van der Waals surface area (Å²) in [6.45, 7) is 3.74. The number of nitrogens with one attached hydrogen (secondary N) is 1. The van der Waals surface area contributed by atoms with Crippen LogP contribution < -0.4 is 5.32 Å². The van der Waals surface area contributed by atoms with Crippen molar-refractivity contribution >= 4 is 11.7 Å². The van der Waals surface area contributed by atoms with Crippen LogP contribution >= 0.6 is 0 Å². The second-order valence-corrected chi connectivity index (χ2v) is 4.77. The second-order valence-electron chi connectivity index (χ2n) is 4.77. The van der Waals surface area contributed by atoms with Gasteiger partial charge in [0.2, 0.25) is 0 Å². The van der Waals surface area contributed by atoms with E-state index in [1.165, 1.54) is 19.4 Å². The highest BCUT2D eigenvalue weighted by atomic mass is 19.1. The Kier molecular flexibility index (Phi) is 4.52. The third-order valence-corrected chi connectivity index (χ3v) is 3.34. The lowest BCUT2D eigenvalue weighted by atomic mass is 10.0. The molecule has 0 radical (unpaired) electrons. The highest BCUT2D eigenvalue weighted by Crippen LogP contribution is 2.24. The monoisotopic (exact) mass is 288 g/mol. The Balaban J connectivity index is 2.25. The van der Waals surface area contributed by atoms with Crippen LogP contribution in [0.4, 0.5) is 10.1 Å². The number of rotatable bonds is 4. The number of anilines is 1. The van der Waals surface area contributed by atoms with E-state index in [9.17, 15) is 9.18 Å². The lowest BCUT2D eigenvalue weighted by molar-refractivity contribution is 0.0600. The number of nitrogens with zero attached hydrogens (tertiary/aromatic N) is 1. The highest BCUT2D eigenvalue weighted by Gasteiger charge is 2.14. The van der Waals surface area contributed by atoms with Crippen molar-refractivity contribution in [2.75, 3.05) is 12.4 Å². The fraction of sp³-hybridized carbons (Fsp3) is 0.250. The summed E-state index contributed by atoms with van der Waals surface area (Å²) in [6, 6.07) is 6.65. The fourth-order valence-corrected chi connectivity index (χ4v) is 2.10.